The van der Waals surface area contributed by atoms with Crippen LogP contribution in [0.25, 0.3) is 0 Å². The van der Waals surface area contributed by atoms with Gasteiger partial charge in [0.1, 0.15) is 5.82 Å². The molecule has 0 heterocycles. The molecule has 0 bridgehead atoms. The predicted octanol–water partition coefficient (Wildman–Crippen LogP) is 3.21. The van der Waals surface area contributed by atoms with Gasteiger partial charge in [-0.3, -0.25) is 0 Å². The van der Waals surface area contributed by atoms with E-state index in [4.69, 9.17) is 4.74 Å². The third kappa shape index (κ3) is 4.44. The zero-order chi connectivity index (χ0) is 12.7. The zero-order valence-corrected chi connectivity index (χ0v) is 10.9. The van der Waals surface area contributed by atoms with Gasteiger partial charge in [0, 0.05) is 6.61 Å². The molecular formula is C14H22FNO. The Balaban J connectivity index is 2.77. The van der Waals surface area contributed by atoms with Crippen LogP contribution in [-0.4, -0.2) is 19.8 Å². The van der Waals surface area contributed by atoms with E-state index in [-0.39, 0.29) is 11.9 Å². The number of benzene rings is 1. The molecule has 17 heavy (non-hydrogen) atoms. The lowest BCUT2D eigenvalue weighted by atomic mass is 10.0. The molecule has 1 aromatic rings. The highest BCUT2D eigenvalue weighted by molar-refractivity contribution is 5.29. The number of aryl methyl sites for hydroxylation is 1. The van der Waals surface area contributed by atoms with Gasteiger partial charge in [-0.05, 0) is 43.1 Å². The van der Waals surface area contributed by atoms with E-state index in [1.165, 1.54) is 6.07 Å². The monoisotopic (exact) mass is 239 g/mol. The highest BCUT2D eigenvalue weighted by Gasteiger charge is 2.13. The van der Waals surface area contributed by atoms with Gasteiger partial charge in [0.15, 0.2) is 0 Å². The van der Waals surface area contributed by atoms with Crippen LogP contribution < -0.4 is 5.32 Å². The van der Waals surface area contributed by atoms with E-state index >= 15 is 0 Å². The summed E-state index contributed by atoms with van der Waals surface area (Å²) in [6.45, 7) is 8.30. The van der Waals surface area contributed by atoms with Crippen LogP contribution in [0.15, 0.2) is 18.2 Å². The van der Waals surface area contributed by atoms with Gasteiger partial charge in [-0.1, -0.05) is 19.9 Å². The van der Waals surface area contributed by atoms with Crippen molar-refractivity contribution in [1.29, 1.82) is 0 Å². The quantitative estimate of drug-likeness (QED) is 0.738. The molecule has 0 aromatic heterocycles. The van der Waals surface area contributed by atoms with Crippen LogP contribution in [0.3, 0.4) is 0 Å². The number of nitrogens with one attached hydrogen (secondary N) is 1. The largest absolute Gasteiger partial charge is 0.379 e. The Hall–Kier alpha value is -0.930. The van der Waals surface area contributed by atoms with Gasteiger partial charge in [-0.2, -0.15) is 0 Å². The minimum atomic E-state index is -0.191. The Kier molecular flexibility index (Phi) is 6.16. The van der Waals surface area contributed by atoms with Crippen LogP contribution in [0.2, 0.25) is 0 Å². The van der Waals surface area contributed by atoms with Crippen LogP contribution in [0.4, 0.5) is 4.39 Å². The molecule has 0 radical (unpaired) electrons. The first-order valence-corrected chi connectivity index (χ1v) is 6.26. The third-order valence-corrected chi connectivity index (χ3v) is 2.70. The second-order valence-electron chi connectivity index (χ2n) is 4.19. The fourth-order valence-corrected chi connectivity index (χ4v) is 1.84. The van der Waals surface area contributed by atoms with Gasteiger partial charge in [0.25, 0.3) is 0 Å². The molecule has 1 atom stereocenters. The second kappa shape index (κ2) is 7.41. The zero-order valence-electron chi connectivity index (χ0n) is 10.9. The molecule has 1 aromatic carbocycles. The summed E-state index contributed by atoms with van der Waals surface area (Å²) >= 11 is 0. The maximum Gasteiger partial charge on any atom is 0.123 e. The molecule has 3 heteroatoms. The first kappa shape index (κ1) is 14.1. The van der Waals surface area contributed by atoms with Crippen molar-refractivity contribution in [2.24, 2.45) is 0 Å². The van der Waals surface area contributed by atoms with E-state index in [1.807, 2.05) is 19.9 Å². The molecule has 1 N–H and O–H groups in total. The fraction of sp³-hybridized carbons (Fsp3) is 0.571. The molecule has 0 saturated carbocycles. The van der Waals surface area contributed by atoms with E-state index in [2.05, 4.69) is 12.2 Å². The number of halogens is 1. The topological polar surface area (TPSA) is 21.3 Å². The van der Waals surface area contributed by atoms with E-state index in [0.29, 0.717) is 6.61 Å². The number of hydrogen-bond acceptors (Lipinski definition) is 2. The van der Waals surface area contributed by atoms with Gasteiger partial charge in [-0.25, -0.2) is 4.39 Å². The molecular weight excluding hydrogens is 217 g/mol. The van der Waals surface area contributed by atoms with E-state index in [9.17, 15) is 4.39 Å². The lowest BCUT2D eigenvalue weighted by Crippen LogP contribution is -2.26. The van der Waals surface area contributed by atoms with Crippen molar-refractivity contribution in [3.8, 4) is 0 Å². The predicted molar refractivity (Wildman–Crippen MR) is 68.7 cm³/mol. The van der Waals surface area contributed by atoms with Crippen LogP contribution in [0.5, 0.6) is 0 Å². The van der Waals surface area contributed by atoms with Gasteiger partial charge in [0.2, 0.25) is 0 Å². The summed E-state index contributed by atoms with van der Waals surface area (Å²) < 4.78 is 18.8. The van der Waals surface area contributed by atoms with Crippen LogP contribution >= 0.6 is 0 Å². The Morgan fingerprint density at radius 3 is 2.76 bits per heavy atom. The highest BCUT2D eigenvalue weighted by Crippen LogP contribution is 2.19. The first-order valence-electron chi connectivity index (χ1n) is 6.26. The molecule has 0 aliphatic rings. The normalized spacial score (nSPS) is 12.7. The van der Waals surface area contributed by atoms with Gasteiger partial charge in [0.05, 0.1) is 12.6 Å². The van der Waals surface area contributed by atoms with Crippen LogP contribution in [0, 0.1) is 12.7 Å². The van der Waals surface area contributed by atoms with Crippen molar-refractivity contribution in [3.05, 3.63) is 35.1 Å². The minimum absolute atomic E-state index is 0.0715. The summed E-state index contributed by atoms with van der Waals surface area (Å²) in [5, 5.41) is 3.33. The maximum absolute atomic E-state index is 13.3. The smallest absolute Gasteiger partial charge is 0.123 e. The average molecular weight is 239 g/mol. The Morgan fingerprint density at radius 1 is 1.35 bits per heavy atom. The standard InChI is InChI=1S/C14H22FNO/c1-4-8-17-10-14(16-5-2)13-9-12(15)7-6-11(13)3/h6-7,9,14,16H,4-5,8,10H2,1-3H3. The summed E-state index contributed by atoms with van der Waals surface area (Å²) in [4.78, 5) is 0. The fourth-order valence-electron chi connectivity index (χ4n) is 1.84. The first-order chi connectivity index (χ1) is 8.19. The molecule has 2 nitrogen and oxygen atoms in total. The van der Waals surface area contributed by atoms with Gasteiger partial charge >= 0.3 is 0 Å². The van der Waals surface area contributed by atoms with Crippen molar-refractivity contribution in [1.82, 2.24) is 5.32 Å². The highest BCUT2D eigenvalue weighted by atomic mass is 19.1. The summed E-state index contributed by atoms with van der Waals surface area (Å²) in [5.74, 6) is -0.191. The summed E-state index contributed by atoms with van der Waals surface area (Å²) in [6, 6.07) is 4.98. The molecule has 0 amide bonds. The lowest BCUT2D eigenvalue weighted by Gasteiger charge is -2.20. The molecule has 0 fully saturated rings. The molecule has 1 rings (SSSR count). The Bertz CT molecular complexity index is 341. The van der Waals surface area contributed by atoms with E-state index < -0.39 is 0 Å². The SMILES string of the molecule is CCCOCC(NCC)c1cc(F)ccc1C. The maximum atomic E-state index is 13.3. The number of rotatable bonds is 7. The summed E-state index contributed by atoms with van der Waals surface area (Å²) in [6.07, 6.45) is 1.00. The Labute approximate surface area is 103 Å². The van der Waals surface area contributed by atoms with Crippen LogP contribution in [0.1, 0.15) is 37.4 Å². The summed E-state index contributed by atoms with van der Waals surface area (Å²) in [7, 11) is 0. The van der Waals surface area contributed by atoms with Crippen molar-refractivity contribution in [2.75, 3.05) is 19.8 Å². The molecule has 1 unspecified atom stereocenters. The third-order valence-electron chi connectivity index (χ3n) is 2.70. The van der Waals surface area contributed by atoms with Gasteiger partial charge < -0.3 is 10.1 Å². The summed E-state index contributed by atoms with van der Waals surface area (Å²) in [5.41, 5.74) is 2.08. The second-order valence-corrected chi connectivity index (χ2v) is 4.19. The Morgan fingerprint density at radius 2 is 2.12 bits per heavy atom. The average Bonchev–Trinajstić information content (AvgIpc) is 2.32. The van der Waals surface area contributed by atoms with Gasteiger partial charge in [-0.15, -0.1) is 0 Å². The minimum Gasteiger partial charge on any atom is -0.379 e. The van der Waals surface area contributed by atoms with E-state index in [0.717, 1.165) is 30.7 Å². The van der Waals surface area contributed by atoms with Crippen molar-refractivity contribution >= 4 is 0 Å². The van der Waals surface area contributed by atoms with Crippen molar-refractivity contribution < 1.29 is 9.13 Å². The number of hydrogen-bond donors (Lipinski definition) is 1. The number of ether oxygens (including phenoxy) is 1. The molecule has 0 aliphatic heterocycles. The van der Waals surface area contributed by atoms with E-state index in [1.54, 1.807) is 6.07 Å². The molecule has 0 spiro atoms. The van der Waals surface area contributed by atoms with Crippen molar-refractivity contribution in [2.45, 2.75) is 33.2 Å². The van der Waals surface area contributed by atoms with Crippen LogP contribution in [-0.2, 0) is 4.74 Å². The molecule has 0 saturated heterocycles. The lowest BCUT2D eigenvalue weighted by molar-refractivity contribution is 0.112. The van der Waals surface area contributed by atoms with Crippen molar-refractivity contribution in [3.63, 3.8) is 0 Å². The number of likely N-dealkylation sites (N-methyl/N-ethyl adjacent to an activating group) is 1. The molecule has 96 valence electrons. The molecule has 0 aliphatic carbocycles.